The molecule has 0 saturated heterocycles. The minimum absolute atomic E-state index is 0.140. The molecule has 0 saturated carbocycles. The molecule has 2 aromatic rings. The minimum Gasteiger partial charge on any atom is -0.444 e. The minimum atomic E-state index is -0.641. The number of anilines is 1. The lowest BCUT2D eigenvalue weighted by Gasteiger charge is -2.09. The van der Waals surface area contributed by atoms with Crippen LogP contribution in [-0.4, -0.2) is 12.1 Å². The normalized spacial score (nSPS) is 9.57. The van der Waals surface area contributed by atoms with E-state index in [4.69, 9.17) is 14.7 Å². The molecule has 2 rings (SSSR count). The van der Waals surface area contributed by atoms with Crippen LogP contribution in [0.2, 0.25) is 0 Å². The lowest BCUT2D eigenvalue weighted by Crippen LogP contribution is -2.13. The maximum Gasteiger partial charge on any atom is 0.411 e. The van der Waals surface area contributed by atoms with Gasteiger partial charge in [-0.15, -0.1) is 0 Å². The topological polar surface area (TPSA) is 88.4 Å². The molecule has 0 bridgehead atoms. The molecule has 0 aromatic heterocycles. The number of nitriles is 1. The quantitative estimate of drug-likeness (QED) is 0.692. The van der Waals surface area contributed by atoms with Crippen molar-refractivity contribution in [2.75, 3.05) is 5.32 Å². The predicted octanol–water partition coefficient (Wildman–Crippen LogP) is 3.23. The summed E-state index contributed by atoms with van der Waals surface area (Å²) in [5.41, 5.74) is 1.38. The zero-order valence-corrected chi connectivity index (χ0v) is 12.4. The summed E-state index contributed by atoms with van der Waals surface area (Å²) in [4.78, 5) is 22.7. The van der Waals surface area contributed by atoms with Gasteiger partial charge in [0.05, 0.1) is 5.56 Å². The third-order valence-electron chi connectivity index (χ3n) is 2.81. The summed E-state index contributed by atoms with van der Waals surface area (Å²) in [6.45, 7) is 1.39. The molecule has 0 aliphatic heterocycles. The number of ether oxygens (including phenoxy) is 2. The van der Waals surface area contributed by atoms with Crippen LogP contribution in [0.5, 0.6) is 5.75 Å². The fourth-order valence-electron chi connectivity index (χ4n) is 1.82. The molecule has 6 heteroatoms. The Labute approximate surface area is 133 Å². The number of rotatable bonds is 4. The summed E-state index contributed by atoms with van der Waals surface area (Å²) < 4.78 is 9.98. The number of amides is 1. The summed E-state index contributed by atoms with van der Waals surface area (Å²) in [6.07, 6.45) is -0.641. The van der Waals surface area contributed by atoms with Gasteiger partial charge in [0.15, 0.2) is 0 Å². The van der Waals surface area contributed by atoms with Crippen molar-refractivity contribution < 1.29 is 19.1 Å². The Bertz CT molecular complexity index is 751. The van der Waals surface area contributed by atoms with Gasteiger partial charge in [-0.25, -0.2) is 4.79 Å². The third kappa shape index (κ3) is 4.86. The van der Waals surface area contributed by atoms with Gasteiger partial charge >= 0.3 is 12.1 Å². The molecule has 0 aliphatic carbocycles. The summed E-state index contributed by atoms with van der Waals surface area (Å²) >= 11 is 0. The maximum absolute atomic E-state index is 11.7. The van der Waals surface area contributed by atoms with Crippen LogP contribution in [0.25, 0.3) is 0 Å². The standard InChI is InChI=1S/C17H14N2O4/c1-12(20)23-16-8-7-15(9-14(16)10-18)19-17(21)22-11-13-5-3-2-4-6-13/h2-9H,11H2,1H3,(H,19,21). The second kappa shape index (κ2) is 7.61. The number of hydrogen-bond acceptors (Lipinski definition) is 5. The van der Waals surface area contributed by atoms with Gasteiger partial charge in [0, 0.05) is 12.6 Å². The molecule has 0 fully saturated rings. The van der Waals surface area contributed by atoms with Crippen molar-refractivity contribution in [2.45, 2.75) is 13.5 Å². The van der Waals surface area contributed by atoms with Crippen molar-refractivity contribution >= 4 is 17.7 Å². The molecule has 0 radical (unpaired) electrons. The lowest BCUT2D eigenvalue weighted by atomic mass is 10.2. The molecule has 0 heterocycles. The average molecular weight is 310 g/mol. The molecule has 0 atom stereocenters. The largest absolute Gasteiger partial charge is 0.444 e. The molecule has 0 unspecified atom stereocenters. The maximum atomic E-state index is 11.7. The van der Waals surface area contributed by atoms with E-state index in [-0.39, 0.29) is 17.9 Å². The second-order valence-corrected chi connectivity index (χ2v) is 4.60. The fourth-order valence-corrected chi connectivity index (χ4v) is 1.82. The molecule has 116 valence electrons. The number of carbonyl (C=O) groups is 2. The number of nitrogens with zero attached hydrogens (tertiary/aromatic N) is 1. The van der Waals surface area contributed by atoms with Gasteiger partial charge < -0.3 is 9.47 Å². The van der Waals surface area contributed by atoms with Crippen LogP contribution in [-0.2, 0) is 16.1 Å². The summed E-state index contributed by atoms with van der Waals surface area (Å²) in [6, 6.07) is 15.5. The van der Waals surface area contributed by atoms with Crippen LogP contribution in [0.1, 0.15) is 18.1 Å². The highest BCUT2D eigenvalue weighted by molar-refractivity contribution is 5.85. The van der Waals surface area contributed by atoms with Crippen molar-refractivity contribution in [2.24, 2.45) is 0 Å². The summed E-state index contributed by atoms with van der Waals surface area (Å²) in [5, 5.41) is 11.6. The van der Waals surface area contributed by atoms with E-state index >= 15 is 0 Å². The van der Waals surface area contributed by atoms with Crippen molar-refractivity contribution in [3.63, 3.8) is 0 Å². The number of hydrogen-bond donors (Lipinski definition) is 1. The first kappa shape index (κ1) is 16.0. The van der Waals surface area contributed by atoms with Gasteiger partial charge in [0.2, 0.25) is 0 Å². The average Bonchev–Trinajstić information content (AvgIpc) is 2.55. The Kier molecular flexibility index (Phi) is 5.31. The number of benzene rings is 2. The molecule has 0 spiro atoms. The van der Waals surface area contributed by atoms with Crippen molar-refractivity contribution in [3.8, 4) is 11.8 Å². The van der Waals surface area contributed by atoms with Crippen molar-refractivity contribution in [3.05, 3.63) is 59.7 Å². The number of nitrogens with one attached hydrogen (secondary N) is 1. The lowest BCUT2D eigenvalue weighted by molar-refractivity contribution is -0.131. The molecular weight excluding hydrogens is 296 g/mol. The van der Waals surface area contributed by atoms with Crippen molar-refractivity contribution in [1.82, 2.24) is 0 Å². The van der Waals surface area contributed by atoms with Gasteiger partial charge in [0.1, 0.15) is 18.4 Å². The molecule has 1 amide bonds. The summed E-state index contributed by atoms with van der Waals surface area (Å²) in [5.74, 6) is -0.382. The van der Waals surface area contributed by atoms with E-state index in [1.165, 1.54) is 25.1 Å². The molecular formula is C17H14N2O4. The smallest absolute Gasteiger partial charge is 0.411 e. The third-order valence-corrected chi connectivity index (χ3v) is 2.81. The molecule has 0 aliphatic rings. The van der Waals surface area contributed by atoms with Crippen LogP contribution in [0.4, 0.5) is 10.5 Å². The van der Waals surface area contributed by atoms with Crippen LogP contribution < -0.4 is 10.1 Å². The van der Waals surface area contributed by atoms with E-state index in [1.54, 1.807) is 0 Å². The molecule has 1 N–H and O–H groups in total. The monoisotopic (exact) mass is 310 g/mol. The first-order chi connectivity index (χ1) is 11.1. The Morgan fingerprint density at radius 3 is 2.57 bits per heavy atom. The van der Waals surface area contributed by atoms with E-state index in [2.05, 4.69) is 5.32 Å². The van der Waals surface area contributed by atoms with Crippen molar-refractivity contribution in [1.29, 1.82) is 5.26 Å². The Hall–Kier alpha value is -3.33. The fraction of sp³-hybridized carbons (Fsp3) is 0.118. The van der Waals surface area contributed by atoms with E-state index in [1.807, 2.05) is 36.4 Å². The van der Waals surface area contributed by atoms with Crippen LogP contribution in [0, 0.1) is 11.3 Å². The molecule has 6 nitrogen and oxygen atoms in total. The second-order valence-electron chi connectivity index (χ2n) is 4.60. The van der Waals surface area contributed by atoms with Gasteiger partial charge in [-0.05, 0) is 23.8 Å². The summed E-state index contributed by atoms with van der Waals surface area (Å²) in [7, 11) is 0. The number of esters is 1. The Balaban J connectivity index is 1.98. The van der Waals surface area contributed by atoms with E-state index < -0.39 is 12.1 Å². The van der Waals surface area contributed by atoms with E-state index in [0.29, 0.717) is 5.69 Å². The number of carbonyl (C=O) groups excluding carboxylic acids is 2. The predicted molar refractivity (Wildman–Crippen MR) is 82.7 cm³/mol. The first-order valence-corrected chi connectivity index (χ1v) is 6.79. The van der Waals surface area contributed by atoms with Gasteiger partial charge in [-0.2, -0.15) is 5.26 Å². The Morgan fingerprint density at radius 2 is 1.91 bits per heavy atom. The zero-order chi connectivity index (χ0) is 16.7. The van der Waals surface area contributed by atoms with Gasteiger partial charge in [-0.1, -0.05) is 30.3 Å². The highest BCUT2D eigenvalue weighted by Crippen LogP contribution is 2.22. The van der Waals surface area contributed by atoms with Crippen LogP contribution in [0.3, 0.4) is 0 Å². The van der Waals surface area contributed by atoms with Crippen LogP contribution in [0.15, 0.2) is 48.5 Å². The zero-order valence-electron chi connectivity index (χ0n) is 12.4. The van der Waals surface area contributed by atoms with Gasteiger partial charge in [-0.3, -0.25) is 10.1 Å². The molecule has 23 heavy (non-hydrogen) atoms. The van der Waals surface area contributed by atoms with E-state index in [0.717, 1.165) is 5.56 Å². The Morgan fingerprint density at radius 1 is 1.17 bits per heavy atom. The highest BCUT2D eigenvalue weighted by Gasteiger charge is 2.09. The van der Waals surface area contributed by atoms with Crippen LogP contribution >= 0.6 is 0 Å². The first-order valence-electron chi connectivity index (χ1n) is 6.79. The highest BCUT2D eigenvalue weighted by atomic mass is 16.5. The SMILES string of the molecule is CC(=O)Oc1ccc(NC(=O)OCc2ccccc2)cc1C#N. The molecule has 2 aromatic carbocycles. The van der Waals surface area contributed by atoms with E-state index in [9.17, 15) is 9.59 Å². The van der Waals surface area contributed by atoms with Gasteiger partial charge in [0.25, 0.3) is 0 Å².